The molecule has 0 fully saturated rings. The lowest BCUT2D eigenvalue weighted by Crippen LogP contribution is -2.27. The Bertz CT molecular complexity index is 385. The van der Waals surface area contributed by atoms with Crippen molar-refractivity contribution in [3.8, 4) is 17.2 Å². The fourth-order valence-electron chi connectivity index (χ4n) is 1.48. The maximum absolute atomic E-state index is 9.43. The molecule has 1 atom stereocenters. The Kier molecular flexibility index (Phi) is 5.54. The quantitative estimate of drug-likeness (QED) is 0.656. The first-order valence-corrected chi connectivity index (χ1v) is 5.58. The van der Waals surface area contributed by atoms with Gasteiger partial charge in [-0.2, -0.15) is 0 Å². The number of aliphatic hydroxyl groups excluding tert-OH is 1. The van der Waals surface area contributed by atoms with Gasteiger partial charge in [-0.05, 0) is 0 Å². The van der Waals surface area contributed by atoms with Gasteiger partial charge in [-0.3, -0.25) is 0 Å². The summed E-state index contributed by atoms with van der Waals surface area (Å²) < 4.78 is 15.6. The van der Waals surface area contributed by atoms with Crippen LogP contribution in [0.2, 0.25) is 0 Å². The average molecular weight is 256 g/mol. The van der Waals surface area contributed by atoms with E-state index in [1.165, 1.54) is 0 Å². The lowest BCUT2D eigenvalue weighted by atomic mass is 10.2. The number of anilines is 1. The van der Waals surface area contributed by atoms with Crippen molar-refractivity contribution in [2.24, 2.45) is 5.73 Å². The number of methoxy groups -OCH3 is 3. The van der Waals surface area contributed by atoms with Gasteiger partial charge in [0.2, 0.25) is 0 Å². The highest BCUT2D eigenvalue weighted by Gasteiger charge is 2.12. The van der Waals surface area contributed by atoms with E-state index in [-0.39, 0.29) is 6.54 Å². The van der Waals surface area contributed by atoms with Crippen LogP contribution in [0.1, 0.15) is 0 Å². The molecule has 0 aromatic heterocycles. The Morgan fingerprint density at radius 3 is 2.17 bits per heavy atom. The summed E-state index contributed by atoms with van der Waals surface area (Å²) in [5.41, 5.74) is 6.05. The van der Waals surface area contributed by atoms with Gasteiger partial charge in [-0.15, -0.1) is 0 Å². The second-order valence-corrected chi connectivity index (χ2v) is 3.68. The number of aliphatic hydroxyl groups is 1. The van der Waals surface area contributed by atoms with Crippen molar-refractivity contribution in [2.75, 3.05) is 39.7 Å². The Labute approximate surface area is 107 Å². The van der Waals surface area contributed by atoms with E-state index in [4.69, 9.17) is 19.9 Å². The van der Waals surface area contributed by atoms with Gasteiger partial charge in [0.15, 0.2) is 11.5 Å². The van der Waals surface area contributed by atoms with E-state index in [0.29, 0.717) is 29.5 Å². The Balaban J connectivity index is 2.94. The van der Waals surface area contributed by atoms with E-state index in [2.05, 4.69) is 5.32 Å². The number of nitrogens with two attached hydrogens (primary N) is 1. The highest BCUT2D eigenvalue weighted by Crippen LogP contribution is 2.37. The molecule has 0 radical (unpaired) electrons. The van der Waals surface area contributed by atoms with Crippen molar-refractivity contribution < 1.29 is 19.3 Å². The van der Waals surface area contributed by atoms with Crippen LogP contribution in [-0.4, -0.2) is 45.6 Å². The number of hydrogen-bond acceptors (Lipinski definition) is 6. The molecule has 0 aliphatic heterocycles. The standard InChI is InChI=1S/C12H20N2O4/c1-16-10-5-12(18-3)11(17-2)4-9(10)14-7-8(15)6-13/h4-5,8,14-15H,6-7,13H2,1-3H3. The lowest BCUT2D eigenvalue weighted by molar-refractivity contribution is 0.196. The van der Waals surface area contributed by atoms with Gasteiger partial charge in [0, 0.05) is 25.2 Å². The maximum Gasteiger partial charge on any atom is 0.164 e. The minimum atomic E-state index is -0.609. The molecule has 0 spiro atoms. The third-order valence-corrected chi connectivity index (χ3v) is 2.51. The van der Waals surface area contributed by atoms with E-state index in [0.717, 1.165) is 0 Å². The van der Waals surface area contributed by atoms with Crippen LogP contribution in [0.3, 0.4) is 0 Å². The Morgan fingerprint density at radius 1 is 1.11 bits per heavy atom. The van der Waals surface area contributed by atoms with E-state index in [1.54, 1.807) is 33.5 Å². The molecule has 6 nitrogen and oxygen atoms in total. The summed E-state index contributed by atoms with van der Waals surface area (Å²) in [7, 11) is 4.68. The van der Waals surface area contributed by atoms with Gasteiger partial charge in [-0.1, -0.05) is 0 Å². The predicted octanol–water partition coefficient (Wildman–Crippen LogP) is 0.444. The van der Waals surface area contributed by atoms with Crippen LogP contribution >= 0.6 is 0 Å². The summed E-state index contributed by atoms with van der Waals surface area (Å²) in [6, 6.07) is 3.47. The van der Waals surface area contributed by atoms with Gasteiger partial charge in [-0.25, -0.2) is 0 Å². The number of hydrogen-bond donors (Lipinski definition) is 3. The topological polar surface area (TPSA) is 86.0 Å². The summed E-state index contributed by atoms with van der Waals surface area (Å²) in [4.78, 5) is 0. The highest BCUT2D eigenvalue weighted by atomic mass is 16.5. The molecule has 102 valence electrons. The zero-order valence-electron chi connectivity index (χ0n) is 10.9. The molecule has 0 saturated heterocycles. The van der Waals surface area contributed by atoms with Crippen molar-refractivity contribution in [1.29, 1.82) is 0 Å². The average Bonchev–Trinajstić information content (AvgIpc) is 2.43. The molecule has 1 aromatic carbocycles. The first kappa shape index (κ1) is 14.4. The minimum Gasteiger partial charge on any atom is -0.494 e. The van der Waals surface area contributed by atoms with Gasteiger partial charge in [0.05, 0.1) is 33.1 Å². The van der Waals surface area contributed by atoms with Crippen LogP contribution in [-0.2, 0) is 0 Å². The first-order chi connectivity index (χ1) is 8.65. The van der Waals surface area contributed by atoms with Crippen molar-refractivity contribution in [1.82, 2.24) is 0 Å². The molecule has 0 amide bonds. The van der Waals surface area contributed by atoms with Crippen LogP contribution in [0.4, 0.5) is 5.69 Å². The van der Waals surface area contributed by atoms with E-state index < -0.39 is 6.10 Å². The minimum absolute atomic E-state index is 0.197. The van der Waals surface area contributed by atoms with Crippen LogP contribution in [0, 0.1) is 0 Å². The third-order valence-electron chi connectivity index (χ3n) is 2.51. The largest absolute Gasteiger partial charge is 0.494 e. The second-order valence-electron chi connectivity index (χ2n) is 3.68. The summed E-state index contributed by atoms with van der Waals surface area (Å²) >= 11 is 0. The zero-order valence-corrected chi connectivity index (χ0v) is 10.9. The number of nitrogens with one attached hydrogen (secondary N) is 1. The number of ether oxygens (including phenoxy) is 3. The van der Waals surface area contributed by atoms with E-state index >= 15 is 0 Å². The molecule has 18 heavy (non-hydrogen) atoms. The molecule has 0 aliphatic carbocycles. The predicted molar refractivity (Wildman–Crippen MR) is 69.6 cm³/mol. The molecule has 4 N–H and O–H groups in total. The molecular weight excluding hydrogens is 236 g/mol. The van der Waals surface area contributed by atoms with Crippen LogP contribution in [0.15, 0.2) is 12.1 Å². The van der Waals surface area contributed by atoms with Crippen LogP contribution in [0.25, 0.3) is 0 Å². The Hall–Kier alpha value is -1.66. The van der Waals surface area contributed by atoms with Crippen molar-refractivity contribution in [3.05, 3.63) is 12.1 Å². The van der Waals surface area contributed by atoms with Gasteiger partial charge < -0.3 is 30.4 Å². The summed E-state index contributed by atoms with van der Waals surface area (Å²) in [5, 5.41) is 12.5. The first-order valence-electron chi connectivity index (χ1n) is 5.58. The van der Waals surface area contributed by atoms with E-state index in [1.807, 2.05) is 0 Å². The van der Waals surface area contributed by atoms with Crippen molar-refractivity contribution in [3.63, 3.8) is 0 Å². The summed E-state index contributed by atoms with van der Waals surface area (Å²) in [6.45, 7) is 0.533. The van der Waals surface area contributed by atoms with Crippen LogP contribution in [0.5, 0.6) is 17.2 Å². The molecule has 1 unspecified atom stereocenters. The van der Waals surface area contributed by atoms with Crippen LogP contribution < -0.4 is 25.3 Å². The van der Waals surface area contributed by atoms with Gasteiger partial charge in [0.1, 0.15) is 5.75 Å². The fraction of sp³-hybridized carbons (Fsp3) is 0.500. The van der Waals surface area contributed by atoms with Crippen molar-refractivity contribution in [2.45, 2.75) is 6.10 Å². The molecule has 0 saturated carbocycles. The molecule has 0 heterocycles. The number of rotatable bonds is 7. The lowest BCUT2D eigenvalue weighted by Gasteiger charge is -2.16. The second kappa shape index (κ2) is 6.93. The third kappa shape index (κ3) is 3.41. The van der Waals surface area contributed by atoms with Crippen molar-refractivity contribution >= 4 is 5.69 Å². The highest BCUT2D eigenvalue weighted by molar-refractivity contribution is 5.64. The number of benzene rings is 1. The summed E-state index contributed by atoms with van der Waals surface area (Å²) in [5.74, 6) is 1.78. The fourth-order valence-corrected chi connectivity index (χ4v) is 1.48. The molecule has 0 aliphatic rings. The Morgan fingerprint density at radius 2 is 1.67 bits per heavy atom. The van der Waals surface area contributed by atoms with Gasteiger partial charge >= 0.3 is 0 Å². The normalized spacial score (nSPS) is 11.8. The monoisotopic (exact) mass is 256 g/mol. The molecule has 6 heteroatoms. The van der Waals surface area contributed by atoms with Gasteiger partial charge in [0.25, 0.3) is 0 Å². The molecule has 1 aromatic rings. The smallest absolute Gasteiger partial charge is 0.164 e. The molecule has 0 bridgehead atoms. The molecule has 1 rings (SSSR count). The SMILES string of the molecule is COc1cc(OC)c(OC)cc1NCC(O)CN. The zero-order chi connectivity index (χ0) is 13.5. The summed E-state index contributed by atoms with van der Waals surface area (Å²) in [6.07, 6.45) is -0.609. The van der Waals surface area contributed by atoms with E-state index in [9.17, 15) is 5.11 Å². The maximum atomic E-state index is 9.43. The molecular formula is C12H20N2O4.